The summed E-state index contributed by atoms with van der Waals surface area (Å²) in [5.74, 6) is 0.369. The molecule has 2 unspecified atom stereocenters. The summed E-state index contributed by atoms with van der Waals surface area (Å²) in [6.45, 7) is 6.60. The highest BCUT2D eigenvalue weighted by Gasteiger charge is 2.27. The molecule has 1 heterocycles. The highest BCUT2D eigenvalue weighted by molar-refractivity contribution is 7.89. The van der Waals surface area contributed by atoms with Crippen LogP contribution in [0.2, 0.25) is 0 Å². The zero-order valence-electron chi connectivity index (χ0n) is 9.84. The predicted molar refractivity (Wildman–Crippen MR) is 64.6 cm³/mol. The topological polar surface area (TPSA) is 38.7 Å². The summed E-state index contributed by atoms with van der Waals surface area (Å²) in [6, 6.07) is 7.59. The summed E-state index contributed by atoms with van der Waals surface area (Å²) in [5, 5.41) is 0. The largest absolute Gasteiger partial charge is 0.279 e. The van der Waals surface area contributed by atoms with Gasteiger partial charge in [0.15, 0.2) is 10.0 Å². The highest BCUT2D eigenvalue weighted by atomic mass is 32.2. The quantitative estimate of drug-likeness (QED) is 0.796. The Morgan fingerprint density at radius 1 is 1.38 bits per heavy atom. The fraction of sp³-hybridized carbons (Fsp3) is 0.500. The first-order chi connectivity index (χ1) is 7.51. The van der Waals surface area contributed by atoms with E-state index >= 15 is 0 Å². The van der Waals surface area contributed by atoms with E-state index in [2.05, 4.69) is 18.2 Å². The van der Waals surface area contributed by atoms with Crippen molar-refractivity contribution >= 4 is 10.0 Å². The van der Waals surface area contributed by atoms with Gasteiger partial charge >= 0.3 is 0 Å². The van der Waals surface area contributed by atoms with Gasteiger partial charge in [-0.25, -0.2) is 8.57 Å². The molecule has 0 bridgehead atoms. The molecular formula is C12H17NO2S. The van der Waals surface area contributed by atoms with E-state index in [1.54, 1.807) is 0 Å². The lowest BCUT2D eigenvalue weighted by Crippen LogP contribution is -2.13. The van der Waals surface area contributed by atoms with Crippen LogP contribution in [-0.4, -0.2) is 16.9 Å². The Hall–Kier alpha value is -0.870. The van der Waals surface area contributed by atoms with Crippen LogP contribution in [0, 0.1) is 12.8 Å². The van der Waals surface area contributed by atoms with Gasteiger partial charge < -0.3 is 0 Å². The normalized spacial score (nSPS) is 29.4. The summed E-state index contributed by atoms with van der Waals surface area (Å²) in [7, 11) is -2.62. The van der Waals surface area contributed by atoms with Crippen molar-refractivity contribution in [2.75, 3.05) is 6.61 Å². The minimum atomic E-state index is -2.62. The monoisotopic (exact) mass is 239 g/mol. The van der Waals surface area contributed by atoms with Crippen LogP contribution in [0.15, 0.2) is 33.5 Å². The third-order valence-corrected chi connectivity index (χ3v) is 4.63. The molecule has 88 valence electrons. The molecule has 4 heteroatoms. The van der Waals surface area contributed by atoms with Crippen LogP contribution in [0.3, 0.4) is 0 Å². The molecule has 3 nitrogen and oxygen atoms in total. The van der Waals surface area contributed by atoms with Crippen LogP contribution in [-0.2, 0) is 14.2 Å². The Labute approximate surface area is 97.2 Å². The van der Waals surface area contributed by atoms with Gasteiger partial charge in [0.25, 0.3) is 0 Å². The van der Waals surface area contributed by atoms with Gasteiger partial charge in [-0.15, -0.1) is 0 Å². The predicted octanol–water partition coefficient (Wildman–Crippen LogP) is 2.79. The molecule has 2 atom stereocenters. The van der Waals surface area contributed by atoms with E-state index in [1.807, 2.05) is 31.2 Å². The van der Waals surface area contributed by atoms with Crippen molar-refractivity contribution in [1.82, 2.24) is 0 Å². The first-order valence-electron chi connectivity index (χ1n) is 5.48. The van der Waals surface area contributed by atoms with Crippen molar-refractivity contribution in [2.24, 2.45) is 10.3 Å². The van der Waals surface area contributed by atoms with Crippen molar-refractivity contribution in [2.45, 2.75) is 31.7 Å². The maximum absolute atomic E-state index is 12.4. The van der Waals surface area contributed by atoms with Crippen molar-refractivity contribution < 1.29 is 8.39 Å². The molecule has 2 rings (SSSR count). The lowest BCUT2D eigenvalue weighted by molar-refractivity contribution is 0.312. The molecule has 0 amide bonds. The van der Waals surface area contributed by atoms with Gasteiger partial charge in [0.05, 0.1) is 17.5 Å². The van der Waals surface area contributed by atoms with Crippen molar-refractivity contribution in [3.63, 3.8) is 0 Å². The minimum Gasteiger partial charge on any atom is -0.279 e. The van der Waals surface area contributed by atoms with Crippen LogP contribution in [0.25, 0.3) is 0 Å². The average molecular weight is 239 g/mol. The lowest BCUT2D eigenvalue weighted by Gasteiger charge is -2.06. The zero-order valence-corrected chi connectivity index (χ0v) is 10.7. The maximum Gasteiger partial charge on any atom is 0.193 e. The van der Waals surface area contributed by atoms with Crippen molar-refractivity contribution in [3.05, 3.63) is 29.8 Å². The van der Waals surface area contributed by atoms with Crippen LogP contribution in [0.1, 0.15) is 19.4 Å². The second-order valence-corrected chi connectivity index (χ2v) is 6.36. The molecule has 1 aromatic carbocycles. The zero-order chi connectivity index (χ0) is 11.8. The average Bonchev–Trinajstić information content (AvgIpc) is 2.63. The fourth-order valence-electron chi connectivity index (χ4n) is 1.55. The number of rotatable bonds is 2. The summed E-state index contributed by atoms with van der Waals surface area (Å²) >= 11 is 0. The Balaban J connectivity index is 2.37. The van der Waals surface area contributed by atoms with Crippen LogP contribution in [0.4, 0.5) is 0 Å². The molecule has 0 saturated carbocycles. The van der Waals surface area contributed by atoms with Gasteiger partial charge in [0.2, 0.25) is 0 Å². The number of aryl methyl sites for hydroxylation is 1. The first kappa shape index (κ1) is 11.6. The molecule has 0 N–H and O–H groups in total. The van der Waals surface area contributed by atoms with E-state index in [0.29, 0.717) is 17.4 Å². The smallest absolute Gasteiger partial charge is 0.193 e. The van der Waals surface area contributed by atoms with Gasteiger partial charge in [-0.3, -0.25) is 4.18 Å². The van der Waals surface area contributed by atoms with E-state index in [4.69, 9.17) is 4.18 Å². The summed E-state index contributed by atoms with van der Waals surface area (Å²) in [4.78, 5) is 0.682. The standard InChI is InChI=1S/C12H17NO2S/c1-9(2)12-8-15-16(14,13-12)11-6-4-10(3)5-7-11/h4-7,9,12H,8H2,1-3H3. The molecule has 0 saturated heterocycles. The highest BCUT2D eigenvalue weighted by Crippen LogP contribution is 2.25. The van der Waals surface area contributed by atoms with E-state index in [-0.39, 0.29) is 6.04 Å². The van der Waals surface area contributed by atoms with Crippen molar-refractivity contribution in [1.29, 1.82) is 0 Å². The van der Waals surface area contributed by atoms with Gasteiger partial charge in [0, 0.05) is 0 Å². The summed E-state index contributed by atoms with van der Waals surface area (Å²) in [5.41, 5.74) is 1.14. The molecule has 1 aliphatic heterocycles. The Kier molecular flexibility index (Phi) is 3.04. The third kappa shape index (κ3) is 2.13. The van der Waals surface area contributed by atoms with E-state index in [9.17, 15) is 4.21 Å². The Morgan fingerprint density at radius 2 is 2.00 bits per heavy atom. The molecule has 0 aromatic heterocycles. The second-order valence-electron chi connectivity index (χ2n) is 4.49. The van der Waals surface area contributed by atoms with Crippen LogP contribution < -0.4 is 0 Å². The minimum absolute atomic E-state index is 0.0498. The number of nitrogens with zero attached hydrogens (tertiary/aromatic N) is 1. The maximum atomic E-state index is 12.4. The van der Waals surface area contributed by atoms with Crippen LogP contribution in [0.5, 0.6) is 0 Å². The van der Waals surface area contributed by atoms with E-state index in [0.717, 1.165) is 5.56 Å². The van der Waals surface area contributed by atoms with Gasteiger partial charge in [-0.1, -0.05) is 31.5 Å². The molecule has 1 aliphatic rings. The van der Waals surface area contributed by atoms with Crippen LogP contribution >= 0.6 is 0 Å². The third-order valence-electron chi connectivity index (χ3n) is 2.76. The molecule has 0 aliphatic carbocycles. The molecule has 1 aromatic rings. The molecule has 0 fully saturated rings. The number of hydrogen-bond acceptors (Lipinski definition) is 3. The summed E-state index contributed by atoms with van der Waals surface area (Å²) < 4.78 is 22.2. The second kappa shape index (κ2) is 4.18. The molecule has 16 heavy (non-hydrogen) atoms. The Bertz CT molecular complexity index is 484. The molecular weight excluding hydrogens is 222 g/mol. The van der Waals surface area contributed by atoms with E-state index in [1.165, 1.54) is 0 Å². The SMILES string of the molecule is Cc1ccc(S2(=O)=NC(C(C)C)CO2)cc1. The van der Waals surface area contributed by atoms with Crippen molar-refractivity contribution in [3.8, 4) is 0 Å². The van der Waals surface area contributed by atoms with Gasteiger partial charge in [0.1, 0.15) is 0 Å². The van der Waals surface area contributed by atoms with Gasteiger partial charge in [-0.2, -0.15) is 0 Å². The van der Waals surface area contributed by atoms with E-state index < -0.39 is 10.0 Å². The van der Waals surface area contributed by atoms with Gasteiger partial charge in [-0.05, 0) is 25.0 Å². The number of hydrogen-bond donors (Lipinski definition) is 0. The summed E-state index contributed by atoms with van der Waals surface area (Å²) in [6.07, 6.45) is 0. The first-order valence-corrected chi connectivity index (χ1v) is 6.92. The lowest BCUT2D eigenvalue weighted by atomic mass is 10.1. The Morgan fingerprint density at radius 3 is 2.50 bits per heavy atom. The molecule has 0 radical (unpaired) electrons. The fourth-order valence-corrected chi connectivity index (χ4v) is 3.34. The number of benzene rings is 1. The molecule has 0 spiro atoms.